The Hall–Kier alpha value is -1.88. The molecule has 0 fully saturated rings. The Morgan fingerprint density at radius 1 is 1.16 bits per heavy atom. The number of nitro groups is 1. The third-order valence-corrected chi connectivity index (χ3v) is 3.76. The van der Waals surface area contributed by atoms with Crippen molar-refractivity contribution in [3.63, 3.8) is 0 Å². The molecule has 4 nitrogen and oxygen atoms in total. The molecule has 0 radical (unpaired) electrons. The van der Waals surface area contributed by atoms with Gasteiger partial charge >= 0.3 is 0 Å². The fourth-order valence-electron chi connectivity index (χ4n) is 1.59. The Bertz CT molecular complexity index is 553. The molecule has 0 atom stereocenters. The molecule has 1 heterocycles. The normalized spacial score (nSPS) is 10.4. The van der Waals surface area contributed by atoms with Crippen LogP contribution >= 0.6 is 11.8 Å². The number of aryl methyl sites for hydroxylation is 1. The molecule has 0 bridgehead atoms. The summed E-state index contributed by atoms with van der Waals surface area (Å²) in [5, 5.41) is 11.3. The van der Waals surface area contributed by atoms with Gasteiger partial charge in [0.1, 0.15) is 6.20 Å². The molecule has 2 rings (SSSR count). The quantitative estimate of drug-likeness (QED) is 0.472. The summed E-state index contributed by atoms with van der Waals surface area (Å²) in [5.41, 5.74) is 2.57. The van der Waals surface area contributed by atoms with E-state index in [0.29, 0.717) is 0 Å². The second kappa shape index (κ2) is 6.33. The van der Waals surface area contributed by atoms with Crippen molar-refractivity contribution in [2.45, 2.75) is 24.1 Å². The fourth-order valence-corrected chi connectivity index (χ4v) is 2.39. The first-order valence-electron chi connectivity index (χ1n) is 6.00. The summed E-state index contributed by atoms with van der Waals surface area (Å²) < 4.78 is 0. The van der Waals surface area contributed by atoms with E-state index in [9.17, 15) is 10.1 Å². The van der Waals surface area contributed by atoms with E-state index in [4.69, 9.17) is 0 Å². The second-order valence-corrected chi connectivity index (χ2v) is 5.07. The number of pyridine rings is 1. The van der Waals surface area contributed by atoms with Crippen molar-refractivity contribution in [3.8, 4) is 0 Å². The van der Waals surface area contributed by atoms with Gasteiger partial charge in [0.2, 0.25) is 0 Å². The average Bonchev–Trinajstić information content (AvgIpc) is 2.46. The summed E-state index contributed by atoms with van der Waals surface area (Å²) in [6.07, 6.45) is 2.33. The standard InChI is InChI=1S/C14H14N2O2S/c1-2-11-3-5-12(6-4-11)10-19-14-8-7-13(9-15-14)16(17)18/h3-9H,2,10H2,1H3. The van der Waals surface area contributed by atoms with Gasteiger partial charge in [0.25, 0.3) is 5.69 Å². The van der Waals surface area contributed by atoms with Crippen LogP contribution in [0.25, 0.3) is 0 Å². The average molecular weight is 274 g/mol. The second-order valence-electron chi connectivity index (χ2n) is 4.07. The Labute approximate surface area is 116 Å². The van der Waals surface area contributed by atoms with E-state index in [0.717, 1.165) is 17.2 Å². The van der Waals surface area contributed by atoms with E-state index in [-0.39, 0.29) is 5.69 Å². The highest BCUT2D eigenvalue weighted by molar-refractivity contribution is 7.98. The molecule has 5 heteroatoms. The summed E-state index contributed by atoms with van der Waals surface area (Å²) in [4.78, 5) is 14.1. The van der Waals surface area contributed by atoms with Gasteiger partial charge in [0.05, 0.1) is 9.95 Å². The van der Waals surface area contributed by atoms with Gasteiger partial charge in [-0.3, -0.25) is 10.1 Å². The van der Waals surface area contributed by atoms with Gasteiger partial charge in [-0.25, -0.2) is 4.98 Å². The topological polar surface area (TPSA) is 56.0 Å². The number of aromatic nitrogens is 1. The zero-order valence-electron chi connectivity index (χ0n) is 10.6. The summed E-state index contributed by atoms with van der Waals surface area (Å²) in [6.45, 7) is 2.13. The van der Waals surface area contributed by atoms with Gasteiger partial charge in [-0.2, -0.15) is 0 Å². The Morgan fingerprint density at radius 2 is 1.84 bits per heavy atom. The van der Waals surface area contributed by atoms with Crippen molar-refractivity contribution in [2.75, 3.05) is 0 Å². The molecule has 0 N–H and O–H groups in total. The van der Waals surface area contributed by atoms with Crippen molar-refractivity contribution in [2.24, 2.45) is 0 Å². The smallest absolute Gasteiger partial charge is 0.258 e. The monoisotopic (exact) mass is 274 g/mol. The van der Waals surface area contributed by atoms with Crippen LogP contribution in [0.1, 0.15) is 18.1 Å². The Balaban J connectivity index is 1.95. The molecule has 98 valence electrons. The minimum atomic E-state index is -0.440. The van der Waals surface area contributed by atoms with Gasteiger partial charge in [-0.15, -0.1) is 11.8 Å². The van der Waals surface area contributed by atoms with Crippen LogP contribution in [0.3, 0.4) is 0 Å². The number of thioether (sulfide) groups is 1. The molecule has 1 aromatic heterocycles. The minimum Gasteiger partial charge on any atom is -0.258 e. The summed E-state index contributed by atoms with van der Waals surface area (Å²) in [5.74, 6) is 0.814. The van der Waals surface area contributed by atoms with Crippen molar-refractivity contribution in [1.29, 1.82) is 0 Å². The van der Waals surface area contributed by atoms with Crippen LogP contribution in [0.15, 0.2) is 47.6 Å². The first-order chi connectivity index (χ1) is 9.19. The SMILES string of the molecule is CCc1ccc(CSc2ccc([N+](=O)[O-])cn2)cc1. The molecule has 2 aromatic rings. The lowest BCUT2D eigenvalue weighted by Crippen LogP contribution is -1.89. The fraction of sp³-hybridized carbons (Fsp3) is 0.214. The van der Waals surface area contributed by atoms with Gasteiger partial charge in [0, 0.05) is 11.8 Å². The lowest BCUT2D eigenvalue weighted by Gasteiger charge is -2.02. The Kier molecular flexibility index (Phi) is 4.52. The first kappa shape index (κ1) is 13.5. The molecule has 0 amide bonds. The highest BCUT2D eigenvalue weighted by Crippen LogP contribution is 2.22. The molecule has 0 aliphatic carbocycles. The number of nitrogens with zero attached hydrogens (tertiary/aromatic N) is 2. The molecule has 0 spiro atoms. The minimum absolute atomic E-state index is 0.0247. The maximum Gasteiger partial charge on any atom is 0.287 e. The largest absolute Gasteiger partial charge is 0.287 e. The van der Waals surface area contributed by atoms with Gasteiger partial charge < -0.3 is 0 Å². The zero-order valence-corrected chi connectivity index (χ0v) is 11.4. The Morgan fingerprint density at radius 3 is 2.37 bits per heavy atom. The van der Waals surface area contributed by atoms with E-state index in [2.05, 4.69) is 36.2 Å². The van der Waals surface area contributed by atoms with Crippen LogP contribution in [0.4, 0.5) is 5.69 Å². The lowest BCUT2D eigenvalue weighted by molar-refractivity contribution is -0.385. The van der Waals surface area contributed by atoms with E-state index in [1.807, 2.05) is 0 Å². The molecule has 0 aliphatic heterocycles. The number of hydrogen-bond donors (Lipinski definition) is 0. The van der Waals surface area contributed by atoms with Gasteiger partial charge in [0.15, 0.2) is 0 Å². The molecule has 0 aliphatic rings. The van der Waals surface area contributed by atoms with E-state index in [1.54, 1.807) is 17.8 Å². The van der Waals surface area contributed by atoms with Crippen LogP contribution in [-0.2, 0) is 12.2 Å². The van der Waals surface area contributed by atoms with Crippen LogP contribution in [0, 0.1) is 10.1 Å². The predicted octanol–water partition coefficient (Wildman–Crippen LogP) is 3.84. The van der Waals surface area contributed by atoms with Crippen molar-refractivity contribution >= 4 is 17.4 Å². The highest BCUT2D eigenvalue weighted by atomic mass is 32.2. The molecule has 0 saturated heterocycles. The van der Waals surface area contributed by atoms with Crippen LogP contribution in [0.2, 0.25) is 0 Å². The van der Waals surface area contributed by atoms with E-state index >= 15 is 0 Å². The van der Waals surface area contributed by atoms with Gasteiger partial charge in [-0.05, 0) is 23.6 Å². The van der Waals surface area contributed by atoms with Crippen LogP contribution < -0.4 is 0 Å². The molecule has 1 aromatic carbocycles. The third kappa shape index (κ3) is 3.79. The predicted molar refractivity (Wildman–Crippen MR) is 76.3 cm³/mol. The summed E-state index contributed by atoms with van der Waals surface area (Å²) in [7, 11) is 0. The maximum absolute atomic E-state index is 10.5. The van der Waals surface area contributed by atoms with Crippen LogP contribution in [0.5, 0.6) is 0 Å². The third-order valence-electron chi connectivity index (χ3n) is 2.75. The van der Waals surface area contributed by atoms with Crippen molar-refractivity contribution in [1.82, 2.24) is 4.98 Å². The van der Waals surface area contributed by atoms with Crippen LogP contribution in [-0.4, -0.2) is 9.91 Å². The highest BCUT2D eigenvalue weighted by Gasteiger charge is 2.05. The van der Waals surface area contributed by atoms with Crippen molar-refractivity contribution < 1.29 is 4.92 Å². The van der Waals surface area contributed by atoms with Crippen molar-refractivity contribution in [3.05, 3.63) is 63.8 Å². The molecule has 0 unspecified atom stereocenters. The molecule has 19 heavy (non-hydrogen) atoms. The molecular weight excluding hydrogens is 260 g/mol. The number of hydrogen-bond acceptors (Lipinski definition) is 4. The van der Waals surface area contributed by atoms with Gasteiger partial charge in [-0.1, -0.05) is 31.2 Å². The van der Waals surface area contributed by atoms with E-state index < -0.39 is 4.92 Å². The molecular formula is C14H14N2O2S. The number of benzene rings is 1. The molecule has 0 saturated carbocycles. The number of rotatable bonds is 5. The maximum atomic E-state index is 10.5. The first-order valence-corrected chi connectivity index (χ1v) is 6.98. The summed E-state index contributed by atoms with van der Waals surface area (Å²) >= 11 is 1.57. The lowest BCUT2D eigenvalue weighted by atomic mass is 10.1. The zero-order chi connectivity index (χ0) is 13.7. The summed E-state index contributed by atoms with van der Waals surface area (Å²) in [6, 6.07) is 11.6. The van der Waals surface area contributed by atoms with E-state index in [1.165, 1.54) is 23.4 Å².